The maximum absolute atomic E-state index is 12.8. The highest BCUT2D eigenvalue weighted by molar-refractivity contribution is 7.92. The molecule has 144 valence electrons. The lowest BCUT2D eigenvalue weighted by atomic mass is 10.1. The maximum atomic E-state index is 12.8. The summed E-state index contributed by atoms with van der Waals surface area (Å²) < 4.78 is 25.7. The quantitative estimate of drug-likeness (QED) is 0.554. The Kier molecular flexibility index (Phi) is 6.40. The van der Waals surface area contributed by atoms with E-state index in [1.165, 1.54) is 18.2 Å². The topological polar surface area (TPSA) is 110 Å². The number of hydrogen-bond donors (Lipinski definition) is 1. The highest BCUT2D eigenvalue weighted by atomic mass is 35.5. The van der Waals surface area contributed by atoms with Crippen molar-refractivity contribution in [2.45, 2.75) is 19.4 Å². The van der Waals surface area contributed by atoms with Crippen molar-refractivity contribution in [1.29, 1.82) is 0 Å². The number of carbonyl (C=O) groups excluding carboxylic acids is 1. The van der Waals surface area contributed by atoms with Gasteiger partial charge in [0.25, 0.3) is 5.69 Å². The predicted octanol–water partition coefficient (Wildman–Crippen LogP) is 3.43. The Bertz CT molecular complexity index is 965. The van der Waals surface area contributed by atoms with Crippen LogP contribution in [-0.4, -0.2) is 31.5 Å². The minimum absolute atomic E-state index is 0.0351. The number of halogens is 1. The van der Waals surface area contributed by atoms with Gasteiger partial charge in [-0.2, -0.15) is 0 Å². The van der Waals surface area contributed by atoms with E-state index < -0.39 is 26.9 Å². The third kappa shape index (κ3) is 4.95. The van der Waals surface area contributed by atoms with Crippen molar-refractivity contribution in [1.82, 2.24) is 0 Å². The molecule has 2 rings (SSSR count). The van der Waals surface area contributed by atoms with Crippen LogP contribution in [0.5, 0.6) is 0 Å². The van der Waals surface area contributed by atoms with E-state index >= 15 is 0 Å². The summed E-state index contributed by atoms with van der Waals surface area (Å²) in [6.07, 6.45) is 1.09. The van der Waals surface area contributed by atoms with Crippen LogP contribution in [0.15, 0.2) is 48.5 Å². The van der Waals surface area contributed by atoms with Crippen LogP contribution in [0.4, 0.5) is 17.1 Å². The average molecular weight is 412 g/mol. The molecule has 1 atom stereocenters. The first-order valence-corrected chi connectivity index (χ1v) is 10.2. The monoisotopic (exact) mass is 411 g/mol. The van der Waals surface area contributed by atoms with Crippen LogP contribution < -0.4 is 9.62 Å². The molecule has 0 aliphatic rings. The van der Waals surface area contributed by atoms with Gasteiger partial charge in [-0.25, -0.2) is 8.42 Å². The van der Waals surface area contributed by atoms with Crippen LogP contribution in [-0.2, 0) is 14.8 Å². The Labute approximate surface area is 162 Å². The number of carbonyl (C=O) groups is 1. The Morgan fingerprint density at radius 3 is 2.48 bits per heavy atom. The summed E-state index contributed by atoms with van der Waals surface area (Å²) in [4.78, 5) is 23.2. The first-order valence-electron chi connectivity index (χ1n) is 7.94. The van der Waals surface area contributed by atoms with Gasteiger partial charge >= 0.3 is 0 Å². The zero-order chi connectivity index (χ0) is 20.2. The van der Waals surface area contributed by atoms with E-state index in [1.807, 2.05) is 0 Å². The molecule has 27 heavy (non-hydrogen) atoms. The van der Waals surface area contributed by atoms with Crippen molar-refractivity contribution in [2.24, 2.45) is 0 Å². The van der Waals surface area contributed by atoms with E-state index in [1.54, 1.807) is 31.2 Å². The van der Waals surface area contributed by atoms with Crippen molar-refractivity contribution in [3.8, 4) is 0 Å². The zero-order valence-electron chi connectivity index (χ0n) is 14.6. The van der Waals surface area contributed by atoms with Crippen LogP contribution in [0.25, 0.3) is 0 Å². The molecule has 0 saturated heterocycles. The fraction of sp³-hybridized carbons (Fsp3) is 0.235. The van der Waals surface area contributed by atoms with E-state index in [0.717, 1.165) is 16.6 Å². The van der Waals surface area contributed by atoms with Gasteiger partial charge in [0.2, 0.25) is 15.9 Å². The maximum Gasteiger partial charge on any atom is 0.271 e. The normalized spacial score (nSPS) is 12.3. The number of benzene rings is 2. The molecule has 0 fully saturated rings. The summed E-state index contributed by atoms with van der Waals surface area (Å²) >= 11 is 6.04. The molecule has 0 spiro atoms. The van der Waals surface area contributed by atoms with Crippen LogP contribution in [0, 0.1) is 10.1 Å². The molecule has 0 bridgehead atoms. The summed E-state index contributed by atoms with van der Waals surface area (Å²) in [6.45, 7) is 1.65. The SMILES string of the molecule is CC[C@@H](C(=O)Nc1ccccc1Cl)N(c1cccc([N+](=O)[O-])c1)S(C)(=O)=O. The van der Waals surface area contributed by atoms with Gasteiger partial charge < -0.3 is 5.32 Å². The second-order valence-corrected chi connectivity index (χ2v) is 8.00. The minimum atomic E-state index is -3.90. The molecule has 0 unspecified atom stereocenters. The number of para-hydroxylation sites is 1. The zero-order valence-corrected chi connectivity index (χ0v) is 16.2. The lowest BCUT2D eigenvalue weighted by Gasteiger charge is -2.30. The molecule has 1 amide bonds. The fourth-order valence-corrected chi connectivity index (χ4v) is 3.97. The molecule has 0 aromatic heterocycles. The molecule has 0 heterocycles. The number of sulfonamides is 1. The van der Waals surface area contributed by atoms with Gasteiger partial charge in [0.05, 0.1) is 27.6 Å². The van der Waals surface area contributed by atoms with E-state index in [2.05, 4.69) is 5.32 Å². The van der Waals surface area contributed by atoms with Crippen LogP contribution in [0.2, 0.25) is 5.02 Å². The van der Waals surface area contributed by atoms with E-state index in [9.17, 15) is 23.3 Å². The van der Waals surface area contributed by atoms with E-state index in [-0.39, 0.29) is 17.8 Å². The summed E-state index contributed by atoms with van der Waals surface area (Å²) in [5.74, 6) is -0.595. The van der Waals surface area contributed by atoms with Crippen molar-refractivity contribution < 1.29 is 18.1 Å². The Morgan fingerprint density at radius 1 is 1.26 bits per heavy atom. The lowest BCUT2D eigenvalue weighted by Crippen LogP contribution is -2.47. The number of rotatable bonds is 7. The number of non-ortho nitro benzene ring substituents is 1. The Balaban J connectivity index is 2.45. The van der Waals surface area contributed by atoms with Crippen LogP contribution >= 0.6 is 11.6 Å². The number of hydrogen-bond acceptors (Lipinski definition) is 5. The largest absolute Gasteiger partial charge is 0.323 e. The molecule has 10 heteroatoms. The first kappa shape index (κ1) is 20.7. The number of nitro groups is 1. The number of nitrogens with one attached hydrogen (secondary N) is 1. The highest BCUT2D eigenvalue weighted by Gasteiger charge is 2.32. The summed E-state index contributed by atoms with van der Waals surface area (Å²) in [6, 6.07) is 10.6. The molecule has 8 nitrogen and oxygen atoms in total. The standard InChI is InChI=1S/C17H18ClN3O5S/c1-3-16(17(22)19-15-10-5-4-9-14(15)18)20(27(2,25)26)12-7-6-8-13(11-12)21(23)24/h4-11,16H,3H2,1-2H3,(H,19,22)/t16-/m0/s1. The number of nitro benzene ring substituents is 1. The van der Waals surface area contributed by atoms with Gasteiger partial charge in [-0.3, -0.25) is 19.2 Å². The third-order valence-electron chi connectivity index (χ3n) is 3.76. The summed E-state index contributed by atoms with van der Waals surface area (Å²) in [7, 11) is -3.90. The molecule has 2 aromatic rings. The van der Waals surface area contributed by atoms with Gasteiger partial charge in [-0.15, -0.1) is 0 Å². The smallest absolute Gasteiger partial charge is 0.271 e. The second-order valence-electron chi connectivity index (χ2n) is 5.73. The van der Waals surface area contributed by atoms with Gasteiger partial charge in [0, 0.05) is 12.1 Å². The molecule has 0 radical (unpaired) electrons. The predicted molar refractivity (Wildman–Crippen MR) is 105 cm³/mol. The van der Waals surface area contributed by atoms with E-state index in [4.69, 9.17) is 11.6 Å². The van der Waals surface area contributed by atoms with Gasteiger partial charge in [-0.05, 0) is 24.6 Å². The lowest BCUT2D eigenvalue weighted by molar-refractivity contribution is -0.384. The number of nitrogens with zero attached hydrogens (tertiary/aromatic N) is 2. The van der Waals surface area contributed by atoms with Gasteiger partial charge in [0.1, 0.15) is 6.04 Å². The van der Waals surface area contributed by atoms with Gasteiger partial charge in [0.15, 0.2) is 0 Å². The molecule has 0 aliphatic carbocycles. The number of anilines is 2. The Morgan fingerprint density at radius 2 is 1.93 bits per heavy atom. The molecule has 2 aromatic carbocycles. The number of amides is 1. The summed E-state index contributed by atoms with van der Waals surface area (Å²) in [5.41, 5.74) is 0.102. The van der Waals surface area contributed by atoms with Crippen molar-refractivity contribution >= 4 is 44.6 Å². The highest BCUT2D eigenvalue weighted by Crippen LogP contribution is 2.28. The third-order valence-corrected chi connectivity index (χ3v) is 5.27. The molecule has 0 aliphatic heterocycles. The average Bonchev–Trinajstić information content (AvgIpc) is 2.60. The molecule has 0 saturated carbocycles. The first-order chi connectivity index (χ1) is 12.6. The minimum Gasteiger partial charge on any atom is -0.323 e. The van der Waals surface area contributed by atoms with Crippen molar-refractivity contribution in [3.05, 3.63) is 63.7 Å². The van der Waals surface area contributed by atoms with Gasteiger partial charge in [-0.1, -0.05) is 36.7 Å². The van der Waals surface area contributed by atoms with Crippen molar-refractivity contribution in [3.63, 3.8) is 0 Å². The molecular formula is C17H18ClN3O5S. The molecule has 1 N–H and O–H groups in total. The second kappa shape index (κ2) is 8.36. The summed E-state index contributed by atoms with van der Waals surface area (Å²) in [5, 5.41) is 13.9. The van der Waals surface area contributed by atoms with E-state index in [0.29, 0.717) is 10.7 Å². The Hall–Kier alpha value is -2.65. The van der Waals surface area contributed by atoms with Crippen LogP contribution in [0.1, 0.15) is 13.3 Å². The van der Waals surface area contributed by atoms with Crippen molar-refractivity contribution in [2.75, 3.05) is 15.9 Å². The molecular weight excluding hydrogens is 394 g/mol. The van der Waals surface area contributed by atoms with Crippen LogP contribution in [0.3, 0.4) is 0 Å². The fourth-order valence-electron chi connectivity index (χ4n) is 2.58.